The lowest BCUT2D eigenvalue weighted by Crippen LogP contribution is -2.39. The Morgan fingerprint density at radius 3 is 2.61 bits per heavy atom. The summed E-state index contributed by atoms with van der Waals surface area (Å²) < 4.78 is 37.0. The molecule has 1 aliphatic carbocycles. The molecule has 1 fully saturated rings. The lowest BCUT2D eigenvalue weighted by atomic mass is 10.1. The van der Waals surface area contributed by atoms with Gasteiger partial charge in [-0.05, 0) is 42.2 Å². The molecule has 0 bridgehead atoms. The molecule has 3 rings (SSSR count). The van der Waals surface area contributed by atoms with Crippen LogP contribution in [0.25, 0.3) is 0 Å². The summed E-state index contributed by atoms with van der Waals surface area (Å²) in [6, 6.07) is 14.8. The van der Waals surface area contributed by atoms with E-state index < -0.39 is 15.7 Å². The molecular weight excluding hydrogens is 377 g/mol. The first-order valence-electron chi connectivity index (χ1n) is 9.40. The molecule has 2 unspecified atom stereocenters. The normalized spacial score (nSPS) is 19.3. The third-order valence-corrected chi connectivity index (χ3v) is 5.51. The van der Waals surface area contributed by atoms with Gasteiger partial charge in [-0.2, -0.15) is 0 Å². The first-order chi connectivity index (χ1) is 13.4. The summed E-state index contributed by atoms with van der Waals surface area (Å²) in [7, 11) is -3.21. The molecule has 150 valence electrons. The third kappa shape index (κ3) is 5.79. The van der Waals surface area contributed by atoms with Crippen LogP contribution in [0, 0.1) is 5.82 Å². The molecule has 0 radical (unpaired) electrons. The van der Waals surface area contributed by atoms with Crippen molar-refractivity contribution in [1.82, 2.24) is 10.6 Å². The first kappa shape index (κ1) is 20.3. The molecular formula is C21H26FN3O2S. The maximum atomic E-state index is 13.7. The summed E-state index contributed by atoms with van der Waals surface area (Å²) in [5.41, 5.74) is 2.46. The number of nitrogens with zero attached hydrogens (tertiary/aromatic N) is 1. The smallest absolute Gasteiger partial charge is 0.191 e. The standard InChI is InChI=1S/C21H26FN3O2S/c1-3-23-21(25-20-12-19(20)15-7-5-4-6-8-15)24-13-17-11-18(22)10-9-16(17)14-28(2,26)27/h4-11,19-20H,3,12-14H2,1-2H3,(H2,23,24,25). The van der Waals surface area contributed by atoms with Crippen LogP contribution >= 0.6 is 0 Å². The molecule has 2 atom stereocenters. The summed E-state index contributed by atoms with van der Waals surface area (Å²) in [6.45, 7) is 2.89. The summed E-state index contributed by atoms with van der Waals surface area (Å²) in [4.78, 5) is 4.56. The molecule has 2 aromatic rings. The monoisotopic (exact) mass is 403 g/mol. The molecule has 0 aliphatic heterocycles. The average Bonchev–Trinajstić information content (AvgIpc) is 3.41. The lowest BCUT2D eigenvalue weighted by Gasteiger charge is -2.12. The number of benzene rings is 2. The SMILES string of the molecule is CCNC(=NCc1cc(F)ccc1CS(C)(=O)=O)NC1CC1c1ccccc1. The Morgan fingerprint density at radius 1 is 1.18 bits per heavy atom. The van der Waals surface area contributed by atoms with E-state index >= 15 is 0 Å². The van der Waals surface area contributed by atoms with Crippen molar-refractivity contribution in [3.05, 3.63) is 71.0 Å². The molecule has 7 heteroatoms. The van der Waals surface area contributed by atoms with Gasteiger partial charge in [0.25, 0.3) is 0 Å². The average molecular weight is 404 g/mol. The summed E-state index contributed by atoms with van der Waals surface area (Å²) in [6.07, 6.45) is 2.21. The minimum Gasteiger partial charge on any atom is -0.357 e. The Bertz CT molecular complexity index is 945. The molecule has 5 nitrogen and oxygen atoms in total. The lowest BCUT2D eigenvalue weighted by molar-refractivity contribution is 0.600. The summed E-state index contributed by atoms with van der Waals surface area (Å²) in [5.74, 6) is 0.591. The van der Waals surface area contributed by atoms with Gasteiger partial charge in [0.1, 0.15) is 5.82 Å². The first-order valence-corrected chi connectivity index (χ1v) is 11.5. The zero-order chi connectivity index (χ0) is 20.1. The minimum absolute atomic E-state index is 0.124. The Morgan fingerprint density at radius 2 is 1.93 bits per heavy atom. The van der Waals surface area contributed by atoms with E-state index in [1.54, 1.807) is 0 Å². The van der Waals surface area contributed by atoms with Crippen LogP contribution in [0.2, 0.25) is 0 Å². The predicted octanol–water partition coefficient (Wildman–Crippen LogP) is 2.98. The molecule has 1 saturated carbocycles. The number of halogens is 1. The van der Waals surface area contributed by atoms with Crippen molar-refractivity contribution < 1.29 is 12.8 Å². The van der Waals surface area contributed by atoms with Crippen molar-refractivity contribution in [2.75, 3.05) is 12.8 Å². The fraction of sp³-hybridized carbons (Fsp3) is 0.381. The van der Waals surface area contributed by atoms with E-state index in [4.69, 9.17) is 0 Å². The highest BCUT2D eigenvalue weighted by atomic mass is 32.2. The van der Waals surface area contributed by atoms with Gasteiger partial charge in [0, 0.05) is 24.8 Å². The Kier molecular flexibility index (Phi) is 6.34. The molecule has 0 amide bonds. The Balaban J connectivity index is 1.71. The largest absolute Gasteiger partial charge is 0.357 e. The van der Waals surface area contributed by atoms with Gasteiger partial charge >= 0.3 is 0 Å². The van der Waals surface area contributed by atoms with Crippen molar-refractivity contribution in [2.24, 2.45) is 4.99 Å². The van der Waals surface area contributed by atoms with Crippen LogP contribution in [0.4, 0.5) is 4.39 Å². The Hall–Kier alpha value is -2.41. The highest BCUT2D eigenvalue weighted by Crippen LogP contribution is 2.40. The van der Waals surface area contributed by atoms with E-state index in [0.29, 0.717) is 35.6 Å². The zero-order valence-electron chi connectivity index (χ0n) is 16.2. The van der Waals surface area contributed by atoms with Gasteiger partial charge in [0.05, 0.1) is 12.3 Å². The number of nitrogens with one attached hydrogen (secondary N) is 2. The fourth-order valence-corrected chi connectivity index (χ4v) is 4.09. The van der Waals surface area contributed by atoms with Gasteiger partial charge in [0.2, 0.25) is 0 Å². The number of aliphatic imine (C=N–C) groups is 1. The molecule has 0 spiro atoms. The van der Waals surface area contributed by atoms with Crippen LogP contribution in [0.1, 0.15) is 36.0 Å². The van der Waals surface area contributed by atoms with E-state index in [9.17, 15) is 12.8 Å². The van der Waals surface area contributed by atoms with Crippen molar-refractivity contribution in [3.8, 4) is 0 Å². The number of sulfone groups is 1. The van der Waals surface area contributed by atoms with Crippen molar-refractivity contribution >= 4 is 15.8 Å². The van der Waals surface area contributed by atoms with E-state index in [-0.39, 0.29) is 12.3 Å². The van der Waals surface area contributed by atoms with E-state index in [1.165, 1.54) is 30.0 Å². The second kappa shape index (κ2) is 8.73. The number of hydrogen-bond acceptors (Lipinski definition) is 3. The molecule has 2 N–H and O–H groups in total. The number of guanidine groups is 1. The predicted molar refractivity (Wildman–Crippen MR) is 110 cm³/mol. The van der Waals surface area contributed by atoms with Gasteiger partial charge in [-0.3, -0.25) is 0 Å². The number of hydrogen-bond donors (Lipinski definition) is 2. The minimum atomic E-state index is -3.21. The van der Waals surface area contributed by atoms with Crippen molar-refractivity contribution in [2.45, 2.75) is 37.6 Å². The molecule has 0 heterocycles. The van der Waals surface area contributed by atoms with E-state index in [2.05, 4.69) is 27.8 Å². The maximum Gasteiger partial charge on any atom is 0.191 e. The third-order valence-electron chi connectivity index (χ3n) is 4.68. The van der Waals surface area contributed by atoms with Gasteiger partial charge in [-0.1, -0.05) is 36.4 Å². The van der Waals surface area contributed by atoms with Gasteiger partial charge in [-0.15, -0.1) is 0 Å². The topological polar surface area (TPSA) is 70.6 Å². The second-order valence-corrected chi connectivity index (χ2v) is 9.32. The van der Waals surface area contributed by atoms with E-state index in [1.807, 2.05) is 25.1 Å². The summed E-state index contributed by atoms with van der Waals surface area (Å²) >= 11 is 0. The number of rotatable bonds is 7. The van der Waals surface area contributed by atoms with Crippen LogP contribution in [0.3, 0.4) is 0 Å². The second-order valence-electron chi connectivity index (χ2n) is 7.18. The highest BCUT2D eigenvalue weighted by Gasteiger charge is 2.38. The van der Waals surface area contributed by atoms with Gasteiger partial charge in [0.15, 0.2) is 15.8 Å². The van der Waals surface area contributed by atoms with Crippen LogP contribution in [0.15, 0.2) is 53.5 Å². The molecule has 28 heavy (non-hydrogen) atoms. The maximum absolute atomic E-state index is 13.7. The fourth-order valence-electron chi connectivity index (χ4n) is 3.25. The molecule has 0 aromatic heterocycles. The Labute approximate surface area is 166 Å². The van der Waals surface area contributed by atoms with Crippen LogP contribution in [-0.4, -0.2) is 33.2 Å². The van der Waals surface area contributed by atoms with Gasteiger partial charge < -0.3 is 10.6 Å². The van der Waals surface area contributed by atoms with E-state index in [0.717, 1.165) is 6.42 Å². The van der Waals surface area contributed by atoms with Gasteiger partial charge in [-0.25, -0.2) is 17.8 Å². The highest BCUT2D eigenvalue weighted by molar-refractivity contribution is 7.89. The molecule has 2 aromatic carbocycles. The van der Waals surface area contributed by atoms with Crippen LogP contribution in [-0.2, 0) is 22.1 Å². The molecule has 1 aliphatic rings. The van der Waals surface area contributed by atoms with Crippen molar-refractivity contribution in [1.29, 1.82) is 0 Å². The van der Waals surface area contributed by atoms with Crippen LogP contribution < -0.4 is 10.6 Å². The van der Waals surface area contributed by atoms with Crippen molar-refractivity contribution in [3.63, 3.8) is 0 Å². The zero-order valence-corrected chi connectivity index (χ0v) is 17.0. The quantitative estimate of drug-likeness (QED) is 0.551. The van der Waals surface area contributed by atoms with Crippen LogP contribution in [0.5, 0.6) is 0 Å². The molecule has 0 saturated heterocycles. The summed E-state index contributed by atoms with van der Waals surface area (Å²) in [5, 5.41) is 6.63.